The van der Waals surface area contributed by atoms with Gasteiger partial charge in [0, 0.05) is 32.8 Å². The maximum absolute atomic E-state index is 12.8. The Morgan fingerprint density at radius 1 is 1.15 bits per heavy atom. The van der Waals surface area contributed by atoms with Crippen molar-refractivity contribution in [3.05, 3.63) is 0 Å². The molecule has 2 rings (SSSR count). The third-order valence-corrected chi connectivity index (χ3v) is 6.78. The Kier molecular flexibility index (Phi) is 7.60. The van der Waals surface area contributed by atoms with E-state index in [9.17, 15) is 22.8 Å². The Morgan fingerprint density at radius 3 is 2.33 bits per heavy atom. The van der Waals surface area contributed by atoms with Gasteiger partial charge in [-0.1, -0.05) is 0 Å². The van der Waals surface area contributed by atoms with Gasteiger partial charge < -0.3 is 19.3 Å². The lowest BCUT2D eigenvalue weighted by Crippen LogP contribution is -2.52. The second-order valence-electron chi connectivity index (χ2n) is 6.87. The Labute approximate surface area is 159 Å². The predicted octanol–water partition coefficient (Wildman–Crippen LogP) is -0.550. The summed E-state index contributed by atoms with van der Waals surface area (Å²) in [6, 6.07) is -0.501. The van der Waals surface area contributed by atoms with E-state index in [0.29, 0.717) is 39.0 Å². The molecule has 2 fully saturated rings. The molecule has 0 aromatic heterocycles. The van der Waals surface area contributed by atoms with Gasteiger partial charge in [0.15, 0.2) is 9.84 Å². The minimum Gasteiger partial charge on any atom is -0.466 e. The standard InChI is InChI=1S/C17H28N2O7S/c1-3-26-17(22)13-4-7-18(8-5-13)15(20)16(21)19(9-10-25-2)14-6-11-27(23,24)12-14/h13-14H,3-12H2,1-2H3. The van der Waals surface area contributed by atoms with Gasteiger partial charge in [-0.3, -0.25) is 14.4 Å². The fraction of sp³-hybridized carbons (Fsp3) is 0.824. The number of hydrogen-bond donors (Lipinski definition) is 0. The van der Waals surface area contributed by atoms with E-state index in [2.05, 4.69) is 0 Å². The molecule has 1 unspecified atom stereocenters. The van der Waals surface area contributed by atoms with Gasteiger partial charge in [0.05, 0.1) is 30.6 Å². The summed E-state index contributed by atoms with van der Waals surface area (Å²) in [4.78, 5) is 40.0. The first-order chi connectivity index (χ1) is 12.8. The molecule has 154 valence electrons. The van der Waals surface area contributed by atoms with E-state index in [1.54, 1.807) is 6.92 Å². The Morgan fingerprint density at radius 2 is 1.81 bits per heavy atom. The third kappa shape index (κ3) is 5.65. The molecule has 2 heterocycles. The van der Waals surface area contributed by atoms with Gasteiger partial charge in [-0.25, -0.2) is 8.42 Å². The Bertz CT molecular complexity index is 656. The summed E-state index contributed by atoms with van der Waals surface area (Å²) >= 11 is 0. The molecule has 0 N–H and O–H groups in total. The number of carbonyl (C=O) groups is 3. The Hall–Kier alpha value is -1.68. The molecule has 2 amide bonds. The zero-order valence-corrected chi connectivity index (χ0v) is 16.7. The lowest BCUT2D eigenvalue weighted by Gasteiger charge is -2.33. The highest BCUT2D eigenvalue weighted by Crippen LogP contribution is 2.21. The molecule has 0 bridgehead atoms. The van der Waals surface area contributed by atoms with Crippen LogP contribution in [0.5, 0.6) is 0 Å². The number of methoxy groups -OCH3 is 1. The van der Waals surface area contributed by atoms with E-state index in [0.717, 1.165) is 0 Å². The fourth-order valence-electron chi connectivity index (χ4n) is 3.50. The first-order valence-corrected chi connectivity index (χ1v) is 11.1. The number of piperidine rings is 1. The van der Waals surface area contributed by atoms with Crippen molar-refractivity contribution in [1.29, 1.82) is 0 Å². The molecule has 1 atom stereocenters. The van der Waals surface area contributed by atoms with Crippen molar-refractivity contribution in [1.82, 2.24) is 9.80 Å². The Balaban J connectivity index is 1.98. The minimum atomic E-state index is -3.18. The van der Waals surface area contributed by atoms with E-state index in [-0.39, 0.29) is 36.5 Å². The second-order valence-corrected chi connectivity index (χ2v) is 9.10. The number of carbonyl (C=O) groups excluding carboxylic acids is 3. The summed E-state index contributed by atoms with van der Waals surface area (Å²) in [6.45, 7) is 3.05. The summed E-state index contributed by atoms with van der Waals surface area (Å²) in [5, 5.41) is 0. The van der Waals surface area contributed by atoms with Gasteiger partial charge in [-0.15, -0.1) is 0 Å². The number of nitrogens with zero attached hydrogens (tertiary/aromatic N) is 2. The van der Waals surface area contributed by atoms with Gasteiger partial charge in [0.25, 0.3) is 0 Å². The van der Waals surface area contributed by atoms with Crippen molar-refractivity contribution < 1.29 is 32.3 Å². The van der Waals surface area contributed by atoms with Crippen molar-refractivity contribution in [2.75, 3.05) is 51.5 Å². The number of rotatable bonds is 6. The molecule has 0 aliphatic carbocycles. The van der Waals surface area contributed by atoms with E-state index in [1.165, 1.54) is 16.9 Å². The van der Waals surface area contributed by atoms with E-state index in [1.807, 2.05) is 0 Å². The van der Waals surface area contributed by atoms with Crippen molar-refractivity contribution in [3.8, 4) is 0 Å². The number of likely N-dealkylation sites (tertiary alicyclic amines) is 1. The van der Waals surface area contributed by atoms with Crippen LogP contribution in [-0.2, 0) is 33.7 Å². The molecular formula is C17H28N2O7S. The summed E-state index contributed by atoms with van der Waals surface area (Å²) in [6.07, 6.45) is 1.23. The molecule has 2 aliphatic rings. The van der Waals surface area contributed by atoms with Crippen LogP contribution in [0.4, 0.5) is 0 Å². The van der Waals surface area contributed by atoms with Gasteiger partial charge in [-0.05, 0) is 26.2 Å². The first kappa shape index (κ1) is 21.6. The van der Waals surface area contributed by atoms with Gasteiger partial charge in [0.1, 0.15) is 0 Å². The number of amides is 2. The number of sulfone groups is 1. The highest BCUT2D eigenvalue weighted by molar-refractivity contribution is 7.91. The molecule has 10 heteroatoms. The normalized spacial score (nSPS) is 22.4. The maximum atomic E-state index is 12.8. The monoisotopic (exact) mass is 404 g/mol. The highest BCUT2D eigenvalue weighted by Gasteiger charge is 2.39. The second kappa shape index (κ2) is 9.50. The molecule has 0 aromatic carbocycles. The van der Waals surface area contributed by atoms with E-state index < -0.39 is 27.7 Å². The van der Waals surface area contributed by atoms with Crippen LogP contribution in [0.2, 0.25) is 0 Å². The highest BCUT2D eigenvalue weighted by atomic mass is 32.2. The average Bonchev–Trinajstić information content (AvgIpc) is 3.01. The van der Waals surface area contributed by atoms with E-state index >= 15 is 0 Å². The summed E-state index contributed by atoms with van der Waals surface area (Å²) < 4.78 is 33.5. The van der Waals surface area contributed by atoms with Gasteiger partial charge in [-0.2, -0.15) is 0 Å². The van der Waals surface area contributed by atoms with Crippen LogP contribution in [0.1, 0.15) is 26.2 Å². The number of ether oxygens (including phenoxy) is 2. The molecule has 0 aromatic rings. The largest absolute Gasteiger partial charge is 0.466 e. The minimum absolute atomic E-state index is 0.0214. The molecule has 2 aliphatic heterocycles. The third-order valence-electron chi connectivity index (χ3n) is 5.03. The molecule has 0 radical (unpaired) electrons. The average molecular weight is 404 g/mol. The molecule has 2 saturated heterocycles. The quantitative estimate of drug-likeness (QED) is 0.431. The van der Waals surface area contributed by atoms with Crippen molar-refractivity contribution in [2.24, 2.45) is 5.92 Å². The predicted molar refractivity (Wildman–Crippen MR) is 96.6 cm³/mol. The van der Waals surface area contributed by atoms with Crippen molar-refractivity contribution >= 4 is 27.6 Å². The zero-order valence-electron chi connectivity index (χ0n) is 15.9. The smallest absolute Gasteiger partial charge is 0.312 e. The fourth-order valence-corrected chi connectivity index (χ4v) is 5.23. The topological polar surface area (TPSA) is 110 Å². The molecule has 0 saturated carbocycles. The van der Waals surface area contributed by atoms with Gasteiger partial charge in [0.2, 0.25) is 0 Å². The summed E-state index contributed by atoms with van der Waals surface area (Å²) in [5.41, 5.74) is 0. The van der Waals surface area contributed by atoms with Crippen molar-refractivity contribution in [2.45, 2.75) is 32.2 Å². The van der Waals surface area contributed by atoms with Gasteiger partial charge >= 0.3 is 17.8 Å². The van der Waals surface area contributed by atoms with Crippen LogP contribution in [0, 0.1) is 5.92 Å². The lowest BCUT2D eigenvalue weighted by atomic mass is 9.97. The molecule has 9 nitrogen and oxygen atoms in total. The van der Waals surface area contributed by atoms with Crippen LogP contribution in [0.3, 0.4) is 0 Å². The molecular weight excluding hydrogens is 376 g/mol. The first-order valence-electron chi connectivity index (χ1n) is 9.25. The SMILES string of the molecule is CCOC(=O)C1CCN(C(=O)C(=O)N(CCOC)C2CCS(=O)(=O)C2)CC1. The van der Waals surface area contributed by atoms with Crippen LogP contribution in [0.25, 0.3) is 0 Å². The zero-order chi connectivity index (χ0) is 20.0. The van der Waals surface area contributed by atoms with Crippen LogP contribution < -0.4 is 0 Å². The van der Waals surface area contributed by atoms with Crippen LogP contribution in [0.15, 0.2) is 0 Å². The van der Waals surface area contributed by atoms with E-state index in [4.69, 9.17) is 9.47 Å². The number of hydrogen-bond acceptors (Lipinski definition) is 7. The number of esters is 1. The maximum Gasteiger partial charge on any atom is 0.312 e. The van der Waals surface area contributed by atoms with Crippen LogP contribution in [-0.4, -0.2) is 93.5 Å². The lowest BCUT2D eigenvalue weighted by molar-refractivity contribution is -0.156. The molecule has 0 spiro atoms. The van der Waals surface area contributed by atoms with Crippen molar-refractivity contribution in [3.63, 3.8) is 0 Å². The summed E-state index contributed by atoms with van der Waals surface area (Å²) in [5.74, 6) is -1.99. The van der Waals surface area contributed by atoms with Crippen LogP contribution >= 0.6 is 0 Å². The summed E-state index contributed by atoms with van der Waals surface area (Å²) in [7, 11) is -1.70. The molecule has 27 heavy (non-hydrogen) atoms.